The number of thiazole rings is 1. The van der Waals surface area contributed by atoms with Gasteiger partial charge in [0.25, 0.3) is 0 Å². The lowest BCUT2D eigenvalue weighted by Gasteiger charge is -2.03. The Bertz CT molecular complexity index is 442. The molecule has 3 N–H and O–H groups in total. The van der Waals surface area contributed by atoms with Crippen LogP contribution < -0.4 is 10.6 Å². The van der Waals surface area contributed by atoms with E-state index in [2.05, 4.69) is 15.6 Å². The topological polar surface area (TPSA) is 91.3 Å². The molecule has 0 aromatic carbocycles. The highest BCUT2D eigenvalue weighted by Gasteiger charge is 2.22. The van der Waals surface area contributed by atoms with Gasteiger partial charge in [-0.1, -0.05) is 0 Å². The summed E-state index contributed by atoms with van der Waals surface area (Å²) in [4.78, 5) is 25.9. The fourth-order valence-corrected chi connectivity index (χ4v) is 2.14. The van der Waals surface area contributed by atoms with Crippen LogP contribution in [-0.4, -0.2) is 34.6 Å². The third-order valence-corrected chi connectivity index (χ3v) is 3.32. The van der Waals surface area contributed by atoms with Gasteiger partial charge in [-0.2, -0.15) is 0 Å². The Labute approximate surface area is 108 Å². The van der Waals surface area contributed by atoms with Crippen LogP contribution in [0.25, 0.3) is 0 Å². The third kappa shape index (κ3) is 3.99. The van der Waals surface area contributed by atoms with Crippen molar-refractivity contribution >= 4 is 28.3 Å². The van der Waals surface area contributed by atoms with Gasteiger partial charge in [0.05, 0.1) is 0 Å². The molecule has 0 saturated heterocycles. The number of carbonyl (C=O) groups is 2. The average Bonchev–Trinajstić information content (AvgIpc) is 2.99. The van der Waals surface area contributed by atoms with Gasteiger partial charge in [0, 0.05) is 24.4 Å². The van der Waals surface area contributed by atoms with Crippen molar-refractivity contribution in [3.05, 3.63) is 11.1 Å². The van der Waals surface area contributed by atoms with Crippen LogP contribution in [0.5, 0.6) is 0 Å². The molecule has 0 unspecified atom stereocenters. The van der Waals surface area contributed by atoms with Gasteiger partial charge in [0.1, 0.15) is 0 Å². The maximum Gasteiger partial charge on any atom is 0.355 e. The molecule has 2 rings (SSSR count). The molecule has 1 aliphatic carbocycles. The van der Waals surface area contributed by atoms with E-state index in [9.17, 15) is 9.59 Å². The summed E-state index contributed by atoms with van der Waals surface area (Å²) >= 11 is 1.25. The van der Waals surface area contributed by atoms with E-state index in [0.717, 1.165) is 12.8 Å². The average molecular weight is 269 g/mol. The number of nitrogens with zero attached hydrogens (tertiary/aromatic N) is 1. The second-order valence-corrected chi connectivity index (χ2v) is 5.07. The van der Waals surface area contributed by atoms with Crippen molar-refractivity contribution in [2.75, 3.05) is 11.9 Å². The summed E-state index contributed by atoms with van der Waals surface area (Å²) in [6.45, 7) is 0.616. The first kappa shape index (κ1) is 12.8. The molecule has 1 saturated carbocycles. The van der Waals surface area contributed by atoms with E-state index in [-0.39, 0.29) is 11.6 Å². The minimum atomic E-state index is -1.02. The first-order chi connectivity index (χ1) is 8.65. The van der Waals surface area contributed by atoms with Crippen LogP contribution in [0.3, 0.4) is 0 Å². The number of carboxylic acids is 1. The number of carboxylic acid groups (broad SMARTS) is 1. The van der Waals surface area contributed by atoms with Crippen molar-refractivity contribution in [1.29, 1.82) is 0 Å². The first-order valence-corrected chi connectivity index (χ1v) is 6.75. The fraction of sp³-hybridized carbons (Fsp3) is 0.545. The van der Waals surface area contributed by atoms with Crippen molar-refractivity contribution in [2.24, 2.45) is 0 Å². The number of hydrogen-bond acceptors (Lipinski definition) is 5. The largest absolute Gasteiger partial charge is 0.476 e. The summed E-state index contributed by atoms with van der Waals surface area (Å²) in [5.74, 6) is -0.937. The van der Waals surface area contributed by atoms with Crippen LogP contribution in [0.2, 0.25) is 0 Å². The quantitative estimate of drug-likeness (QED) is 0.649. The molecule has 0 spiro atoms. The van der Waals surface area contributed by atoms with E-state index in [4.69, 9.17) is 5.11 Å². The molecule has 1 aromatic heterocycles. The Kier molecular flexibility index (Phi) is 4.14. The number of aromatic carboxylic acids is 1. The van der Waals surface area contributed by atoms with Gasteiger partial charge in [-0.25, -0.2) is 9.78 Å². The Morgan fingerprint density at radius 2 is 2.28 bits per heavy atom. The minimum Gasteiger partial charge on any atom is -0.476 e. The SMILES string of the molecule is O=C(CCCNc1nc(C(=O)O)cs1)NC1CC1. The summed E-state index contributed by atoms with van der Waals surface area (Å²) in [6, 6.07) is 0.405. The summed E-state index contributed by atoms with van der Waals surface area (Å²) in [6.07, 6.45) is 3.39. The van der Waals surface area contributed by atoms with E-state index >= 15 is 0 Å². The van der Waals surface area contributed by atoms with Gasteiger partial charge in [0.15, 0.2) is 10.8 Å². The molecule has 1 fully saturated rings. The number of aromatic nitrogens is 1. The number of anilines is 1. The highest BCUT2D eigenvalue weighted by atomic mass is 32.1. The molecule has 98 valence electrons. The normalized spacial score (nSPS) is 14.2. The van der Waals surface area contributed by atoms with E-state index < -0.39 is 5.97 Å². The van der Waals surface area contributed by atoms with Gasteiger partial charge < -0.3 is 15.7 Å². The predicted molar refractivity (Wildman–Crippen MR) is 68.0 cm³/mol. The molecule has 7 heteroatoms. The van der Waals surface area contributed by atoms with Crippen LogP contribution in [0.15, 0.2) is 5.38 Å². The molecular weight excluding hydrogens is 254 g/mol. The zero-order valence-electron chi connectivity index (χ0n) is 9.81. The van der Waals surface area contributed by atoms with Gasteiger partial charge in [-0.05, 0) is 19.3 Å². The van der Waals surface area contributed by atoms with Crippen molar-refractivity contribution < 1.29 is 14.7 Å². The molecule has 0 atom stereocenters. The van der Waals surface area contributed by atoms with Crippen molar-refractivity contribution in [3.63, 3.8) is 0 Å². The Hall–Kier alpha value is -1.63. The fourth-order valence-electron chi connectivity index (χ4n) is 1.42. The van der Waals surface area contributed by atoms with Gasteiger partial charge >= 0.3 is 5.97 Å². The summed E-state index contributed by atoms with van der Waals surface area (Å²) < 4.78 is 0. The zero-order valence-corrected chi connectivity index (χ0v) is 10.6. The molecule has 0 aliphatic heterocycles. The Morgan fingerprint density at radius 3 is 2.89 bits per heavy atom. The minimum absolute atomic E-state index is 0.0500. The van der Waals surface area contributed by atoms with Crippen LogP contribution in [0, 0.1) is 0 Å². The molecule has 0 bridgehead atoms. The first-order valence-electron chi connectivity index (χ1n) is 5.87. The maximum absolute atomic E-state index is 11.4. The van der Waals surface area contributed by atoms with Crippen LogP contribution >= 0.6 is 11.3 Å². The number of carbonyl (C=O) groups excluding carboxylic acids is 1. The number of amides is 1. The van der Waals surface area contributed by atoms with E-state index in [1.807, 2.05) is 0 Å². The summed E-state index contributed by atoms with van der Waals surface area (Å²) in [7, 11) is 0. The molecule has 1 amide bonds. The lowest BCUT2D eigenvalue weighted by atomic mass is 10.3. The zero-order chi connectivity index (χ0) is 13.0. The number of hydrogen-bond donors (Lipinski definition) is 3. The van der Waals surface area contributed by atoms with Crippen molar-refractivity contribution in [3.8, 4) is 0 Å². The Morgan fingerprint density at radius 1 is 1.50 bits per heavy atom. The molecule has 0 radical (unpaired) electrons. The highest BCUT2D eigenvalue weighted by molar-refractivity contribution is 7.13. The van der Waals surface area contributed by atoms with E-state index in [1.54, 1.807) is 0 Å². The maximum atomic E-state index is 11.4. The van der Waals surface area contributed by atoms with Crippen molar-refractivity contribution in [2.45, 2.75) is 31.7 Å². The van der Waals surface area contributed by atoms with Gasteiger partial charge in [-0.3, -0.25) is 4.79 Å². The number of rotatable bonds is 7. The second-order valence-electron chi connectivity index (χ2n) is 4.22. The van der Waals surface area contributed by atoms with Gasteiger partial charge in [-0.15, -0.1) is 11.3 Å². The van der Waals surface area contributed by atoms with Crippen LogP contribution in [-0.2, 0) is 4.79 Å². The molecule has 1 heterocycles. The summed E-state index contributed by atoms with van der Waals surface area (Å²) in [5.41, 5.74) is 0.0500. The molecule has 1 aliphatic rings. The molecule has 6 nitrogen and oxygen atoms in total. The van der Waals surface area contributed by atoms with E-state index in [0.29, 0.717) is 30.6 Å². The lowest BCUT2D eigenvalue weighted by molar-refractivity contribution is -0.121. The molecule has 18 heavy (non-hydrogen) atoms. The van der Waals surface area contributed by atoms with E-state index in [1.165, 1.54) is 16.7 Å². The second kappa shape index (κ2) is 5.81. The Balaban J connectivity index is 1.61. The predicted octanol–water partition coefficient (Wildman–Crippen LogP) is 1.31. The standard InChI is InChI=1S/C11H15N3O3S/c15-9(13-7-3-4-7)2-1-5-12-11-14-8(6-18-11)10(16)17/h6-7H,1-5H2,(H,12,14)(H,13,15)(H,16,17). The monoisotopic (exact) mass is 269 g/mol. The van der Waals surface area contributed by atoms with Gasteiger partial charge in [0.2, 0.25) is 5.91 Å². The lowest BCUT2D eigenvalue weighted by Crippen LogP contribution is -2.25. The third-order valence-electron chi connectivity index (χ3n) is 2.52. The van der Waals surface area contributed by atoms with Crippen LogP contribution in [0.1, 0.15) is 36.2 Å². The van der Waals surface area contributed by atoms with Crippen molar-refractivity contribution in [1.82, 2.24) is 10.3 Å². The molecular formula is C11H15N3O3S. The smallest absolute Gasteiger partial charge is 0.355 e. The summed E-state index contributed by atoms with van der Waals surface area (Å²) in [5, 5.41) is 16.7. The van der Waals surface area contributed by atoms with Crippen LogP contribution in [0.4, 0.5) is 5.13 Å². The number of nitrogens with one attached hydrogen (secondary N) is 2. The molecule has 1 aromatic rings. The highest BCUT2D eigenvalue weighted by Crippen LogP contribution is 2.19.